The van der Waals surface area contributed by atoms with E-state index in [1.807, 2.05) is 6.07 Å². The van der Waals surface area contributed by atoms with E-state index in [-0.39, 0.29) is 11.6 Å². The molecule has 2 heterocycles. The lowest BCUT2D eigenvalue weighted by Gasteiger charge is -2.26. The summed E-state index contributed by atoms with van der Waals surface area (Å²) in [5, 5.41) is 0.404. The van der Waals surface area contributed by atoms with Gasteiger partial charge in [0, 0.05) is 11.8 Å². The number of carbonyl (C=O) groups excluding carboxylic acids is 2. The fraction of sp³-hybridized carbons (Fsp3) is 0.111. The molecule has 0 radical (unpaired) electrons. The van der Waals surface area contributed by atoms with E-state index in [0.29, 0.717) is 21.3 Å². The van der Waals surface area contributed by atoms with E-state index in [4.69, 9.17) is 11.5 Å². The fourth-order valence-electron chi connectivity index (χ4n) is 2.43. The number of rotatable bonds is 6. The van der Waals surface area contributed by atoms with Crippen molar-refractivity contribution in [2.75, 3.05) is 10.6 Å². The summed E-state index contributed by atoms with van der Waals surface area (Å²) in [6.07, 6.45) is 3.22. The highest BCUT2D eigenvalue weighted by molar-refractivity contribution is 7.18. The zero-order valence-electron chi connectivity index (χ0n) is 14.0. The molecular weight excluding hydrogens is 350 g/mol. The number of amides is 1. The topological polar surface area (TPSA) is 115 Å². The van der Waals surface area contributed by atoms with Crippen molar-refractivity contribution in [2.24, 2.45) is 5.73 Å². The molecule has 1 atom stereocenters. The molecule has 3 aromatic rings. The Labute approximate surface area is 154 Å². The predicted molar refractivity (Wildman–Crippen MR) is 101 cm³/mol. The first-order chi connectivity index (χ1) is 12.5. The van der Waals surface area contributed by atoms with Crippen LogP contribution in [0.4, 0.5) is 16.6 Å². The average Bonchev–Trinajstić information content (AvgIpc) is 3.04. The van der Waals surface area contributed by atoms with Gasteiger partial charge in [-0.3, -0.25) is 14.6 Å². The fourth-order valence-corrected chi connectivity index (χ4v) is 3.48. The lowest BCUT2D eigenvalue weighted by Crippen LogP contribution is -2.40. The van der Waals surface area contributed by atoms with Crippen molar-refractivity contribution < 1.29 is 9.59 Å². The van der Waals surface area contributed by atoms with Crippen LogP contribution in [-0.2, 0) is 4.79 Å². The van der Waals surface area contributed by atoms with Crippen molar-refractivity contribution in [3.05, 3.63) is 65.3 Å². The van der Waals surface area contributed by atoms with Crippen LogP contribution in [0.5, 0.6) is 0 Å². The Morgan fingerprint density at radius 3 is 2.50 bits per heavy atom. The monoisotopic (exact) mass is 367 g/mol. The van der Waals surface area contributed by atoms with Gasteiger partial charge in [-0.25, -0.2) is 4.98 Å². The molecule has 0 aliphatic carbocycles. The minimum Gasteiger partial charge on any atom is -0.382 e. The second kappa shape index (κ2) is 7.32. The summed E-state index contributed by atoms with van der Waals surface area (Å²) in [6, 6.07) is 11.6. The van der Waals surface area contributed by atoms with Crippen molar-refractivity contribution in [1.29, 1.82) is 0 Å². The van der Waals surface area contributed by atoms with Crippen LogP contribution >= 0.6 is 11.3 Å². The molecule has 1 amide bonds. The summed E-state index contributed by atoms with van der Waals surface area (Å²) in [7, 11) is 0. The Balaban J connectivity index is 2.04. The molecule has 0 saturated carbocycles. The highest BCUT2D eigenvalue weighted by atomic mass is 32.1. The second-order valence-electron chi connectivity index (χ2n) is 5.57. The van der Waals surface area contributed by atoms with Crippen molar-refractivity contribution in [3.8, 4) is 0 Å². The maximum Gasteiger partial charge on any atom is 0.240 e. The molecule has 0 spiro atoms. The summed E-state index contributed by atoms with van der Waals surface area (Å²) < 4.78 is 0. The second-order valence-corrected chi connectivity index (χ2v) is 6.54. The summed E-state index contributed by atoms with van der Waals surface area (Å²) >= 11 is 1.12. The van der Waals surface area contributed by atoms with Gasteiger partial charge in [-0.05, 0) is 19.1 Å². The molecule has 7 nitrogen and oxygen atoms in total. The number of nitrogen functional groups attached to an aromatic ring is 1. The summed E-state index contributed by atoms with van der Waals surface area (Å²) in [5.74, 6) is -0.632. The van der Waals surface area contributed by atoms with Crippen molar-refractivity contribution in [1.82, 2.24) is 9.97 Å². The van der Waals surface area contributed by atoms with E-state index in [1.165, 1.54) is 0 Å². The molecule has 2 aromatic heterocycles. The van der Waals surface area contributed by atoms with Gasteiger partial charge in [-0.1, -0.05) is 41.7 Å². The van der Waals surface area contributed by atoms with Crippen molar-refractivity contribution >= 4 is 39.7 Å². The van der Waals surface area contributed by atoms with Crippen LogP contribution in [-0.4, -0.2) is 27.7 Å². The average molecular weight is 367 g/mol. The van der Waals surface area contributed by atoms with Crippen LogP contribution < -0.4 is 16.4 Å². The summed E-state index contributed by atoms with van der Waals surface area (Å²) in [5.41, 5.74) is 12.6. The Kier molecular flexibility index (Phi) is 4.94. The van der Waals surface area contributed by atoms with Crippen LogP contribution in [0.3, 0.4) is 0 Å². The Bertz CT molecular complexity index is 927. The van der Waals surface area contributed by atoms with E-state index < -0.39 is 11.9 Å². The molecule has 132 valence electrons. The number of anilines is 3. The van der Waals surface area contributed by atoms with Crippen LogP contribution in [0.1, 0.15) is 22.2 Å². The normalized spacial score (nSPS) is 11.7. The molecule has 8 heteroatoms. The third kappa shape index (κ3) is 3.40. The third-order valence-corrected chi connectivity index (χ3v) is 4.88. The van der Waals surface area contributed by atoms with Crippen molar-refractivity contribution in [3.63, 3.8) is 0 Å². The van der Waals surface area contributed by atoms with Gasteiger partial charge in [0.15, 0.2) is 5.13 Å². The van der Waals surface area contributed by atoms with Gasteiger partial charge < -0.3 is 16.4 Å². The van der Waals surface area contributed by atoms with Gasteiger partial charge in [0.1, 0.15) is 16.7 Å². The molecule has 0 aliphatic rings. The predicted octanol–water partition coefficient (Wildman–Crippen LogP) is 2.36. The highest BCUT2D eigenvalue weighted by Crippen LogP contribution is 2.35. The van der Waals surface area contributed by atoms with E-state index in [0.717, 1.165) is 11.3 Å². The lowest BCUT2D eigenvalue weighted by atomic mass is 10.1. The lowest BCUT2D eigenvalue weighted by molar-refractivity contribution is -0.118. The van der Waals surface area contributed by atoms with E-state index in [1.54, 1.807) is 60.6 Å². The zero-order valence-corrected chi connectivity index (χ0v) is 14.8. The number of nitrogens with two attached hydrogens (primary N) is 2. The number of hydrogen-bond acceptors (Lipinski definition) is 7. The molecule has 3 rings (SSSR count). The van der Waals surface area contributed by atoms with Gasteiger partial charge in [-0.15, -0.1) is 0 Å². The van der Waals surface area contributed by atoms with Gasteiger partial charge in [0.2, 0.25) is 11.7 Å². The van der Waals surface area contributed by atoms with Crippen molar-refractivity contribution in [2.45, 2.75) is 13.0 Å². The number of ketones is 1. The number of benzene rings is 1. The largest absolute Gasteiger partial charge is 0.382 e. The summed E-state index contributed by atoms with van der Waals surface area (Å²) in [4.78, 5) is 34.8. The number of aromatic nitrogens is 2. The summed E-state index contributed by atoms with van der Waals surface area (Å²) in [6.45, 7) is 1.66. The molecule has 0 aliphatic heterocycles. The minimum atomic E-state index is -0.690. The number of hydrogen-bond donors (Lipinski definition) is 2. The SMILES string of the molecule is C[C@H](C(N)=O)N(c1cccnc1)c1nc(N)c(C(=O)c2ccccc2)s1. The van der Waals surface area contributed by atoms with E-state index in [2.05, 4.69) is 9.97 Å². The first-order valence-corrected chi connectivity index (χ1v) is 8.65. The van der Waals surface area contributed by atoms with E-state index >= 15 is 0 Å². The maximum absolute atomic E-state index is 12.7. The number of thiazole rings is 1. The molecule has 26 heavy (non-hydrogen) atoms. The first-order valence-electron chi connectivity index (χ1n) is 7.83. The minimum absolute atomic E-state index is 0.115. The Morgan fingerprint density at radius 2 is 1.88 bits per heavy atom. The van der Waals surface area contributed by atoms with Gasteiger partial charge >= 0.3 is 0 Å². The van der Waals surface area contributed by atoms with E-state index in [9.17, 15) is 9.59 Å². The van der Waals surface area contributed by atoms with Gasteiger partial charge in [0.25, 0.3) is 0 Å². The molecule has 1 aromatic carbocycles. The molecule has 0 saturated heterocycles. The molecule has 0 bridgehead atoms. The number of carbonyl (C=O) groups is 2. The zero-order chi connectivity index (χ0) is 18.7. The molecule has 0 fully saturated rings. The smallest absolute Gasteiger partial charge is 0.240 e. The molecule has 4 N–H and O–H groups in total. The Morgan fingerprint density at radius 1 is 1.15 bits per heavy atom. The number of nitrogens with zero attached hydrogens (tertiary/aromatic N) is 3. The standard InChI is InChI=1S/C18H17N5O2S/c1-11(17(20)25)23(13-8-5-9-21-10-13)18-22-16(19)15(26-18)14(24)12-6-3-2-4-7-12/h2-11H,19H2,1H3,(H2,20,25)/t11-/m1/s1. The van der Waals surface area contributed by atoms with Crippen LogP contribution in [0, 0.1) is 0 Å². The maximum atomic E-state index is 12.7. The number of primary amides is 1. The van der Waals surface area contributed by atoms with Gasteiger partial charge in [-0.2, -0.15) is 0 Å². The third-order valence-electron chi connectivity index (χ3n) is 3.81. The molecular formula is C18H17N5O2S. The highest BCUT2D eigenvalue weighted by Gasteiger charge is 2.27. The van der Waals surface area contributed by atoms with Crippen LogP contribution in [0.2, 0.25) is 0 Å². The first kappa shape index (κ1) is 17.6. The quantitative estimate of drug-likeness (QED) is 0.646. The van der Waals surface area contributed by atoms with Crippen LogP contribution in [0.15, 0.2) is 54.9 Å². The Hall–Kier alpha value is -3.26. The molecule has 0 unspecified atom stereocenters. The van der Waals surface area contributed by atoms with Gasteiger partial charge in [0.05, 0.1) is 11.9 Å². The van der Waals surface area contributed by atoms with Crippen LogP contribution in [0.25, 0.3) is 0 Å². The number of pyridine rings is 1.